The third-order valence-corrected chi connectivity index (χ3v) is 8.90. The highest BCUT2D eigenvalue weighted by molar-refractivity contribution is 5.72. The summed E-state index contributed by atoms with van der Waals surface area (Å²) in [5, 5.41) is 11.8. The Balaban J connectivity index is 2.68. The second-order valence-corrected chi connectivity index (χ2v) is 14.2. The van der Waals surface area contributed by atoms with E-state index in [1.165, 1.54) is 21.0 Å². The molecule has 1 saturated heterocycles. The van der Waals surface area contributed by atoms with Crippen molar-refractivity contribution in [2.24, 2.45) is 17.8 Å². The summed E-state index contributed by atoms with van der Waals surface area (Å²) in [5.41, 5.74) is 0. The van der Waals surface area contributed by atoms with Crippen LogP contribution in [0.4, 0.5) is 0 Å². The number of carbonyl (C=O) groups is 5. The molecule has 0 radical (unpaired) electrons. The van der Waals surface area contributed by atoms with Gasteiger partial charge in [0.15, 0.2) is 6.29 Å². The van der Waals surface area contributed by atoms with Crippen LogP contribution >= 0.6 is 0 Å². The molecule has 2 aliphatic heterocycles. The largest absolute Gasteiger partial charge is 0.462 e. The summed E-state index contributed by atoms with van der Waals surface area (Å²) in [6.45, 7) is 11.6. The third kappa shape index (κ3) is 14.1. The Morgan fingerprint density at radius 1 is 1.02 bits per heavy atom. The van der Waals surface area contributed by atoms with Crippen molar-refractivity contribution >= 4 is 30.2 Å². The van der Waals surface area contributed by atoms with Gasteiger partial charge in [0.1, 0.15) is 42.9 Å². The van der Waals surface area contributed by atoms with Gasteiger partial charge in [-0.15, -0.1) is 0 Å². The summed E-state index contributed by atoms with van der Waals surface area (Å²) in [4.78, 5) is 64.4. The van der Waals surface area contributed by atoms with Crippen LogP contribution in [0.2, 0.25) is 0 Å². The highest BCUT2D eigenvalue weighted by Gasteiger charge is 2.50. The summed E-state index contributed by atoms with van der Waals surface area (Å²) >= 11 is 0. The number of likely N-dealkylation sites (N-methyl/N-ethyl adjacent to an activating group) is 1. The van der Waals surface area contributed by atoms with E-state index in [0.717, 1.165) is 0 Å². The molecular formula is C37H59NO13. The fraction of sp³-hybridized carbons (Fsp3) is 0.757. The van der Waals surface area contributed by atoms with Gasteiger partial charge in [0, 0.05) is 40.2 Å². The topological polar surface area (TPSA) is 173 Å². The second-order valence-electron chi connectivity index (χ2n) is 14.2. The highest BCUT2D eigenvalue weighted by atomic mass is 16.7. The molecule has 290 valence electrons. The van der Waals surface area contributed by atoms with E-state index in [1.54, 1.807) is 51.1 Å². The predicted octanol–water partition coefficient (Wildman–Crippen LogP) is 3.31. The van der Waals surface area contributed by atoms with Gasteiger partial charge in [-0.3, -0.25) is 19.2 Å². The van der Waals surface area contributed by atoms with E-state index in [2.05, 4.69) is 0 Å². The van der Waals surface area contributed by atoms with Gasteiger partial charge in [-0.05, 0) is 58.2 Å². The second kappa shape index (κ2) is 21.4. The van der Waals surface area contributed by atoms with E-state index < -0.39 is 97.4 Å². The zero-order valence-electron chi connectivity index (χ0n) is 31.7. The van der Waals surface area contributed by atoms with E-state index in [0.29, 0.717) is 12.7 Å². The molecule has 0 spiro atoms. The maximum absolute atomic E-state index is 13.2. The normalized spacial score (nSPS) is 35.4. The lowest BCUT2D eigenvalue weighted by atomic mass is 9.82. The zero-order valence-corrected chi connectivity index (χ0v) is 31.7. The number of hydrogen-bond donors (Lipinski definition) is 1. The van der Waals surface area contributed by atoms with E-state index >= 15 is 0 Å². The molecule has 2 heterocycles. The summed E-state index contributed by atoms with van der Waals surface area (Å²) in [6, 6.07) is -0.766. The van der Waals surface area contributed by atoms with Crippen molar-refractivity contribution in [1.82, 2.24) is 4.90 Å². The van der Waals surface area contributed by atoms with Gasteiger partial charge in [-0.1, -0.05) is 39.0 Å². The number of esters is 4. The van der Waals surface area contributed by atoms with Crippen molar-refractivity contribution in [3.05, 3.63) is 24.3 Å². The summed E-state index contributed by atoms with van der Waals surface area (Å²) in [7, 11) is 4.82. The van der Waals surface area contributed by atoms with Crippen LogP contribution in [0.15, 0.2) is 24.3 Å². The first-order valence-electron chi connectivity index (χ1n) is 17.7. The Labute approximate surface area is 302 Å². The maximum atomic E-state index is 13.2. The van der Waals surface area contributed by atoms with Gasteiger partial charge in [0.05, 0.1) is 24.7 Å². The van der Waals surface area contributed by atoms with Crippen LogP contribution in [-0.4, -0.2) is 123 Å². The molecule has 14 heteroatoms. The fourth-order valence-electron chi connectivity index (χ4n) is 6.60. The molecule has 0 saturated carbocycles. The lowest BCUT2D eigenvalue weighted by Gasteiger charge is -2.47. The smallest absolute Gasteiger partial charge is 0.309 e. The number of nitrogens with zero attached hydrogens (tertiary/aromatic N) is 1. The fourth-order valence-corrected chi connectivity index (χ4v) is 6.60. The predicted molar refractivity (Wildman–Crippen MR) is 185 cm³/mol. The quantitative estimate of drug-likeness (QED) is 0.187. The molecule has 0 amide bonds. The van der Waals surface area contributed by atoms with Crippen molar-refractivity contribution in [3.8, 4) is 0 Å². The van der Waals surface area contributed by atoms with Gasteiger partial charge in [0.2, 0.25) is 0 Å². The van der Waals surface area contributed by atoms with Crippen molar-refractivity contribution in [2.45, 2.75) is 142 Å². The molecule has 51 heavy (non-hydrogen) atoms. The number of aliphatic hydroxyl groups excluding tert-OH is 1. The molecule has 1 fully saturated rings. The Bertz CT molecular complexity index is 1200. The van der Waals surface area contributed by atoms with Crippen LogP contribution in [0.5, 0.6) is 0 Å². The standard InChI is InChI=1S/C37H59NO13/c1-21(2)18-30(42)50-34-24(5)47-37(33(44)32(34)38(8)9)51-35-27(16-17-39)19-22(3)28(48-25(6)40)15-13-11-12-14-23(4)46-31(43)20-29(36(35)45-10)49-26(7)41/h11-13,15,17,21-24,27-29,32-37,44H,14,16,18-20H2,1-10H3/b12-11+,15-13+/t22-,23-,24-,27+,28+,29-,32-,33-,34-,35+,36+,37+/m1/s1. The van der Waals surface area contributed by atoms with Crippen LogP contribution in [0.3, 0.4) is 0 Å². The highest BCUT2D eigenvalue weighted by Crippen LogP contribution is 2.35. The third-order valence-electron chi connectivity index (χ3n) is 8.90. The van der Waals surface area contributed by atoms with E-state index in [-0.39, 0.29) is 31.1 Å². The molecule has 0 aromatic rings. The van der Waals surface area contributed by atoms with Crippen LogP contribution in [-0.2, 0) is 57.1 Å². The number of hydrogen-bond acceptors (Lipinski definition) is 14. The minimum Gasteiger partial charge on any atom is -0.462 e. The molecule has 14 nitrogen and oxygen atoms in total. The van der Waals surface area contributed by atoms with Crippen LogP contribution < -0.4 is 0 Å². The molecule has 0 unspecified atom stereocenters. The van der Waals surface area contributed by atoms with Gasteiger partial charge in [0.25, 0.3) is 0 Å². The number of aldehydes is 1. The molecule has 2 aliphatic rings. The Hall–Kier alpha value is -3.17. The number of carbonyl (C=O) groups excluding carboxylic acids is 5. The minimum absolute atomic E-state index is 0.0564. The minimum atomic E-state index is -1.37. The molecule has 0 aromatic heterocycles. The number of cyclic esters (lactones) is 1. The van der Waals surface area contributed by atoms with Gasteiger partial charge in [-0.25, -0.2) is 0 Å². The molecule has 12 atom stereocenters. The van der Waals surface area contributed by atoms with Crippen molar-refractivity contribution in [2.75, 3.05) is 21.2 Å². The Morgan fingerprint density at radius 3 is 2.25 bits per heavy atom. The van der Waals surface area contributed by atoms with E-state index in [9.17, 15) is 29.1 Å². The van der Waals surface area contributed by atoms with E-state index in [4.69, 9.17) is 33.2 Å². The van der Waals surface area contributed by atoms with Crippen molar-refractivity contribution in [1.29, 1.82) is 0 Å². The molecule has 0 aromatic carbocycles. The number of methoxy groups -OCH3 is 1. The molecule has 0 aliphatic carbocycles. The maximum Gasteiger partial charge on any atom is 0.309 e. The average Bonchev–Trinajstić information content (AvgIpc) is 3.00. The van der Waals surface area contributed by atoms with Crippen molar-refractivity contribution < 1.29 is 62.2 Å². The monoisotopic (exact) mass is 725 g/mol. The van der Waals surface area contributed by atoms with E-state index in [1.807, 2.05) is 26.8 Å². The lowest BCUT2D eigenvalue weighted by molar-refractivity contribution is -0.311. The van der Waals surface area contributed by atoms with Crippen LogP contribution in [0, 0.1) is 17.8 Å². The Kier molecular flexibility index (Phi) is 18.4. The van der Waals surface area contributed by atoms with Crippen molar-refractivity contribution in [3.63, 3.8) is 0 Å². The number of aliphatic hydroxyl groups is 1. The lowest BCUT2D eigenvalue weighted by Crippen LogP contribution is -2.64. The summed E-state index contributed by atoms with van der Waals surface area (Å²) in [5.74, 6) is -3.28. The molecule has 1 N–H and O–H groups in total. The summed E-state index contributed by atoms with van der Waals surface area (Å²) < 4.78 is 41.5. The van der Waals surface area contributed by atoms with Crippen LogP contribution in [0.1, 0.15) is 80.6 Å². The number of allylic oxidation sites excluding steroid dienone is 2. The first kappa shape index (κ1) is 44.0. The zero-order chi connectivity index (χ0) is 38.4. The van der Waals surface area contributed by atoms with Gasteiger partial charge >= 0.3 is 23.9 Å². The molecule has 0 bridgehead atoms. The number of rotatable bonds is 11. The van der Waals surface area contributed by atoms with Crippen LogP contribution in [0.25, 0.3) is 0 Å². The molecular weight excluding hydrogens is 666 g/mol. The first-order valence-corrected chi connectivity index (χ1v) is 17.7. The molecule has 2 rings (SSSR count). The Morgan fingerprint density at radius 2 is 1.69 bits per heavy atom. The SMILES string of the molecule is CO[C@@H]1[C@@H](O[C@@H]2O[C@H](C)[C@@H](OC(=O)CC(C)C)[C@H](N(C)C)[C@H]2O)[C@@H](CC=O)C[C@@H](C)[C@@H](OC(C)=O)/C=C/C=C/C[C@@H](C)OC(=O)C[C@H]1OC(C)=O. The van der Waals surface area contributed by atoms with Gasteiger partial charge < -0.3 is 48.0 Å². The first-order chi connectivity index (χ1) is 24.0. The summed E-state index contributed by atoms with van der Waals surface area (Å²) in [6.07, 6.45) is -0.999. The number of ether oxygens (including phenoxy) is 7. The average molecular weight is 726 g/mol. The van der Waals surface area contributed by atoms with Gasteiger partial charge in [-0.2, -0.15) is 0 Å².